The molecule has 2 fully saturated rings. The lowest BCUT2D eigenvalue weighted by molar-refractivity contribution is -0.121. The SMILES string of the molecule is CCC1CCCN(C2CCCC2=O)CC1. The molecule has 1 aliphatic carbocycles. The van der Waals surface area contributed by atoms with Crippen LogP contribution in [0.4, 0.5) is 0 Å². The Balaban J connectivity index is 1.90. The molecule has 0 aromatic rings. The van der Waals surface area contributed by atoms with E-state index in [9.17, 15) is 4.79 Å². The van der Waals surface area contributed by atoms with E-state index in [2.05, 4.69) is 11.8 Å². The van der Waals surface area contributed by atoms with E-state index in [0.717, 1.165) is 38.3 Å². The predicted octanol–water partition coefficient (Wildman–Crippen LogP) is 2.62. The van der Waals surface area contributed by atoms with Crippen LogP contribution in [0.2, 0.25) is 0 Å². The molecule has 0 N–H and O–H groups in total. The quantitative estimate of drug-likeness (QED) is 0.697. The molecule has 2 aliphatic rings. The van der Waals surface area contributed by atoms with Crippen LogP contribution in [0.1, 0.15) is 51.9 Å². The summed E-state index contributed by atoms with van der Waals surface area (Å²) >= 11 is 0. The van der Waals surface area contributed by atoms with Crippen LogP contribution in [0.15, 0.2) is 0 Å². The third-order valence-electron chi connectivity index (χ3n) is 4.17. The Bertz CT molecular complexity index is 227. The molecule has 0 aromatic carbocycles. The molecule has 0 amide bonds. The molecule has 15 heavy (non-hydrogen) atoms. The molecule has 0 aromatic heterocycles. The Morgan fingerprint density at radius 1 is 1.20 bits per heavy atom. The summed E-state index contributed by atoms with van der Waals surface area (Å²) in [5, 5.41) is 0. The van der Waals surface area contributed by atoms with Gasteiger partial charge in [-0.15, -0.1) is 0 Å². The number of rotatable bonds is 2. The van der Waals surface area contributed by atoms with Crippen LogP contribution in [0.25, 0.3) is 0 Å². The summed E-state index contributed by atoms with van der Waals surface area (Å²) in [6, 6.07) is 0.292. The molecule has 1 saturated heterocycles. The summed E-state index contributed by atoms with van der Waals surface area (Å²) in [5.74, 6) is 1.41. The summed E-state index contributed by atoms with van der Waals surface area (Å²) in [5.41, 5.74) is 0. The second-order valence-corrected chi connectivity index (χ2v) is 5.12. The summed E-state index contributed by atoms with van der Waals surface area (Å²) < 4.78 is 0. The highest BCUT2D eigenvalue weighted by Crippen LogP contribution is 2.26. The molecule has 1 aliphatic heterocycles. The van der Waals surface area contributed by atoms with Crippen molar-refractivity contribution in [1.82, 2.24) is 4.90 Å². The molecule has 1 saturated carbocycles. The first-order chi connectivity index (χ1) is 7.31. The zero-order chi connectivity index (χ0) is 10.7. The van der Waals surface area contributed by atoms with Crippen LogP contribution in [0.3, 0.4) is 0 Å². The standard InChI is InChI=1S/C13H23NO/c1-2-11-5-4-9-14(10-8-11)12-6-3-7-13(12)15/h11-12H,2-10H2,1H3. The van der Waals surface area contributed by atoms with Gasteiger partial charge in [-0.2, -0.15) is 0 Å². The minimum Gasteiger partial charge on any atom is -0.298 e. The van der Waals surface area contributed by atoms with Crippen molar-refractivity contribution in [3.63, 3.8) is 0 Å². The first-order valence-electron chi connectivity index (χ1n) is 6.58. The minimum atomic E-state index is 0.292. The number of hydrogen-bond donors (Lipinski definition) is 0. The Morgan fingerprint density at radius 2 is 2.07 bits per heavy atom. The van der Waals surface area contributed by atoms with Gasteiger partial charge in [0.15, 0.2) is 0 Å². The summed E-state index contributed by atoms with van der Waals surface area (Å²) in [4.78, 5) is 14.2. The second-order valence-electron chi connectivity index (χ2n) is 5.12. The molecule has 2 rings (SSSR count). The van der Waals surface area contributed by atoms with E-state index in [1.54, 1.807) is 0 Å². The van der Waals surface area contributed by atoms with Gasteiger partial charge in [-0.05, 0) is 51.1 Å². The second kappa shape index (κ2) is 5.11. The van der Waals surface area contributed by atoms with Crippen molar-refractivity contribution >= 4 is 5.78 Å². The first-order valence-corrected chi connectivity index (χ1v) is 6.58. The monoisotopic (exact) mass is 209 g/mol. The van der Waals surface area contributed by atoms with Crippen molar-refractivity contribution in [3.05, 3.63) is 0 Å². The van der Waals surface area contributed by atoms with Crippen molar-refractivity contribution in [3.8, 4) is 0 Å². The van der Waals surface area contributed by atoms with Gasteiger partial charge in [0, 0.05) is 6.42 Å². The van der Waals surface area contributed by atoms with Crippen molar-refractivity contribution in [2.24, 2.45) is 5.92 Å². The fourth-order valence-electron chi connectivity index (χ4n) is 3.09. The van der Waals surface area contributed by atoms with E-state index in [0.29, 0.717) is 11.8 Å². The van der Waals surface area contributed by atoms with Gasteiger partial charge in [-0.25, -0.2) is 0 Å². The van der Waals surface area contributed by atoms with Crippen molar-refractivity contribution in [2.45, 2.75) is 57.9 Å². The molecular formula is C13H23NO. The van der Waals surface area contributed by atoms with Crippen LogP contribution in [-0.2, 0) is 4.79 Å². The van der Waals surface area contributed by atoms with Crippen molar-refractivity contribution in [2.75, 3.05) is 13.1 Å². The highest BCUT2D eigenvalue weighted by Gasteiger charge is 2.31. The van der Waals surface area contributed by atoms with E-state index in [4.69, 9.17) is 0 Å². The average Bonchev–Trinajstić information content (AvgIpc) is 2.54. The van der Waals surface area contributed by atoms with Gasteiger partial charge < -0.3 is 0 Å². The minimum absolute atomic E-state index is 0.292. The van der Waals surface area contributed by atoms with Crippen LogP contribution < -0.4 is 0 Å². The van der Waals surface area contributed by atoms with Gasteiger partial charge in [0.1, 0.15) is 5.78 Å². The Labute approximate surface area is 93.0 Å². The van der Waals surface area contributed by atoms with Crippen molar-refractivity contribution in [1.29, 1.82) is 0 Å². The highest BCUT2D eigenvalue weighted by atomic mass is 16.1. The van der Waals surface area contributed by atoms with E-state index in [1.807, 2.05) is 0 Å². The van der Waals surface area contributed by atoms with E-state index >= 15 is 0 Å². The molecule has 2 unspecified atom stereocenters. The van der Waals surface area contributed by atoms with Crippen LogP contribution >= 0.6 is 0 Å². The lowest BCUT2D eigenvalue weighted by atomic mass is 9.98. The number of Topliss-reactive ketones (excluding diaryl/α,β-unsaturated/α-hetero) is 1. The zero-order valence-electron chi connectivity index (χ0n) is 9.87. The number of carbonyl (C=O) groups excluding carboxylic acids is 1. The highest BCUT2D eigenvalue weighted by molar-refractivity contribution is 5.85. The number of likely N-dealkylation sites (tertiary alicyclic amines) is 1. The number of ketones is 1. The van der Waals surface area contributed by atoms with Gasteiger partial charge in [0.05, 0.1) is 6.04 Å². The van der Waals surface area contributed by atoms with Crippen LogP contribution in [0.5, 0.6) is 0 Å². The Kier molecular flexibility index (Phi) is 3.79. The molecule has 0 radical (unpaired) electrons. The number of nitrogens with zero attached hydrogens (tertiary/aromatic N) is 1. The molecule has 2 heteroatoms. The summed E-state index contributed by atoms with van der Waals surface area (Å²) in [6.45, 7) is 4.61. The van der Waals surface area contributed by atoms with Gasteiger partial charge in [-0.1, -0.05) is 13.3 Å². The summed E-state index contributed by atoms with van der Waals surface area (Å²) in [6.07, 6.45) is 8.36. The molecule has 2 nitrogen and oxygen atoms in total. The zero-order valence-corrected chi connectivity index (χ0v) is 9.87. The fraction of sp³-hybridized carbons (Fsp3) is 0.923. The molecule has 1 heterocycles. The Hall–Kier alpha value is -0.370. The molecule has 86 valence electrons. The predicted molar refractivity (Wildman–Crippen MR) is 61.9 cm³/mol. The van der Waals surface area contributed by atoms with E-state index < -0.39 is 0 Å². The summed E-state index contributed by atoms with van der Waals surface area (Å²) in [7, 11) is 0. The molecular weight excluding hydrogens is 186 g/mol. The van der Waals surface area contributed by atoms with Gasteiger partial charge in [0.25, 0.3) is 0 Å². The fourth-order valence-corrected chi connectivity index (χ4v) is 3.09. The molecule has 0 spiro atoms. The Morgan fingerprint density at radius 3 is 2.73 bits per heavy atom. The molecule has 2 atom stereocenters. The third-order valence-corrected chi connectivity index (χ3v) is 4.17. The molecule has 0 bridgehead atoms. The lowest BCUT2D eigenvalue weighted by Gasteiger charge is -2.25. The van der Waals surface area contributed by atoms with Gasteiger partial charge in [-0.3, -0.25) is 9.69 Å². The first kappa shape index (κ1) is 11.1. The van der Waals surface area contributed by atoms with Crippen LogP contribution in [0, 0.1) is 5.92 Å². The smallest absolute Gasteiger partial charge is 0.149 e. The number of hydrogen-bond acceptors (Lipinski definition) is 2. The maximum Gasteiger partial charge on any atom is 0.149 e. The third kappa shape index (κ3) is 2.60. The largest absolute Gasteiger partial charge is 0.298 e. The lowest BCUT2D eigenvalue weighted by Crippen LogP contribution is -2.38. The topological polar surface area (TPSA) is 20.3 Å². The maximum atomic E-state index is 11.7. The van der Waals surface area contributed by atoms with E-state index in [1.165, 1.54) is 25.7 Å². The van der Waals surface area contributed by atoms with Crippen molar-refractivity contribution < 1.29 is 4.79 Å². The normalized spacial score (nSPS) is 34.3. The average molecular weight is 209 g/mol. The van der Waals surface area contributed by atoms with Gasteiger partial charge in [0.2, 0.25) is 0 Å². The number of carbonyl (C=O) groups is 1. The van der Waals surface area contributed by atoms with Crippen LogP contribution in [-0.4, -0.2) is 29.8 Å². The van der Waals surface area contributed by atoms with E-state index in [-0.39, 0.29) is 0 Å². The van der Waals surface area contributed by atoms with Gasteiger partial charge >= 0.3 is 0 Å². The maximum absolute atomic E-state index is 11.7.